The molecule has 1 aliphatic carbocycles. The predicted octanol–water partition coefficient (Wildman–Crippen LogP) is 2.69. The third-order valence-corrected chi connectivity index (χ3v) is 3.23. The summed E-state index contributed by atoms with van der Waals surface area (Å²) < 4.78 is 0. The monoisotopic (exact) mass is 233 g/mol. The Kier molecular flexibility index (Phi) is 3.67. The molecule has 0 unspecified atom stereocenters. The summed E-state index contributed by atoms with van der Waals surface area (Å²) in [4.78, 5) is 12.8. The second-order valence-corrected chi connectivity index (χ2v) is 4.88. The number of benzene rings is 1. The molecule has 0 atom stereocenters. The molecule has 1 N–H and O–H groups in total. The quantitative estimate of drug-likeness (QED) is 0.821. The number of carboxylic acids is 1. The smallest absolute Gasteiger partial charge is 0.323 e. The van der Waals surface area contributed by atoms with Crippen molar-refractivity contribution < 1.29 is 9.90 Å². The Morgan fingerprint density at radius 1 is 1.35 bits per heavy atom. The number of anilines is 1. The summed E-state index contributed by atoms with van der Waals surface area (Å²) in [7, 11) is 0. The van der Waals surface area contributed by atoms with E-state index in [0.29, 0.717) is 0 Å². The first-order chi connectivity index (χ1) is 8.15. The molecule has 0 heterocycles. The number of carbonyl (C=O) groups is 1. The lowest BCUT2D eigenvalue weighted by Gasteiger charge is -2.23. The second kappa shape index (κ2) is 5.21. The molecule has 0 radical (unpaired) electrons. The van der Waals surface area contributed by atoms with E-state index >= 15 is 0 Å². The molecule has 0 spiro atoms. The summed E-state index contributed by atoms with van der Waals surface area (Å²) in [5.41, 5.74) is 2.21. The zero-order valence-corrected chi connectivity index (χ0v) is 10.2. The van der Waals surface area contributed by atoms with Gasteiger partial charge in [-0.3, -0.25) is 4.79 Å². The first-order valence-electron chi connectivity index (χ1n) is 6.18. The molecule has 0 bridgehead atoms. The Bertz CT molecular complexity index is 382. The highest BCUT2D eigenvalue weighted by Gasteiger charge is 2.22. The van der Waals surface area contributed by atoms with Crippen LogP contribution in [-0.4, -0.2) is 24.2 Å². The molecule has 1 aliphatic rings. The fourth-order valence-corrected chi connectivity index (χ4v) is 1.96. The van der Waals surface area contributed by atoms with Crippen molar-refractivity contribution in [3.05, 3.63) is 29.8 Å². The molecule has 1 aromatic rings. The van der Waals surface area contributed by atoms with Crippen molar-refractivity contribution in [2.75, 3.05) is 18.0 Å². The van der Waals surface area contributed by atoms with Crippen LogP contribution in [0, 0.1) is 12.8 Å². The van der Waals surface area contributed by atoms with E-state index in [-0.39, 0.29) is 6.54 Å². The van der Waals surface area contributed by atoms with Crippen LogP contribution >= 0.6 is 0 Å². The van der Waals surface area contributed by atoms with Gasteiger partial charge < -0.3 is 10.0 Å². The molecular formula is C14H19NO2. The Balaban J connectivity index is 2.01. The van der Waals surface area contributed by atoms with Crippen molar-refractivity contribution in [1.29, 1.82) is 0 Å². The average molecular weight is 233 g/mol. The lowest BCUT2D eigenvalue weighted by Crippen LogP contribution is -2.30. The molecule has 3 heteroatoms. The van der Waals surface area contributed by atoms with Crippen molar-refractivity contribution in [1.82, 2.24) is 0 Å². The lowest BCUT2D eigenvalue weighted by molar-refractivity contribution is -0.135. The van der Waals surface area contributed by atoms with Gasteiger partial charge in [0.05, 0.1) is 0 Å². The number of aryl methyl sites for hydroxylation is 1. The van der Waals surface area contributed by atoms with Crippen LogP contribution in [0.3, 0.4) is 0 Å². The van der Waals surface area contributed by atoms with Gasteiger partial charge in [-0.05, 0) is 31.4 Å². The fourth-order valence-electron chi connectivity index (χ4n) is 1.96. The van der Waals surface area contributed by atoms with E-state index in [1.807, 2.05) is 36.1 Å². The van der Waals surface area contributed by atoms with Crippen LogP contribution in [0.25, 0.3) is 0 Å². The fraction of sp³-hybridized carbons (Fsp3) is 0.500. The van der Waals surface area contributed by atoms with Gasteiger partial charge in [0.25, 0.3) is 0 Å². The molecule has 92 valence electrons. The van der Waals surface area contributed by atoms with Crippen LogP contribution in [0.1, 0.15) is 24.8 Å². The van der Waals surface area contributed by atoms with Gasteiger partial charge >= 0.3 is 5.97 Å². The second-order valence-electron chi connectivity index (χ2n) is 4.88. The average Bonchev–Trinajstić information content (AvgIpc) is 3.09. The minimum Gasteiger partial charge on any atom is -0.480 e. The predicted molar refractivity (Wildman–Crippen MR) is 68.4 cm³/mol. The number of rotatable bonds is 6. The normalized spacial score (nSPS) is 14.6. The van der Waals surface area contributed by atoms with E-state index < -0.39 is 5.97 Å². The third kappa shape index (κ3) is 3.77. The van der Waals surface area contributed by atoms with E-state index in [2.05, 4.69) is 0 Å². The molecule has 1 saturated carbocycles. The summed E-state index contributed by atoms with van der Waals surface area (Å²) in [6.45, 7) is 2.98. The Morgan fingerprint density at radius 2 is 2.00 bits per heavy atom. The van der Waals surface area contributed by atoms with Gasteiger partial charge in [0.15, 0.2) is 0 Å². The highest BCUT2D eigenvalue weighted by atomic mass is 16.4. The summed E-state index contributed by atoms with van der Waals surface area (Å²) in [5.74, 6) is 0.0677. The number of nitrogens with zero attached hydrogens (tertiary/aromatic N) is 1. The van der Waals surface area contributed by atoms with E-state index in [9.17, 15) is 4.79 Å². The van der Waals surface area contributed by atoms with Crippen molar-refractivity contribution in [2.45, 2.75) is 26.2 Å². The minimum atomic E-state index is -0.763. The first-order valence-corrected chi connectivity index (χ1v) is 6.18. The molecule has 1 fully saturated rings. The number of carboxylic acid groups (broad SMARTS) is 1. The van der Waals surface area contributed by atoms with E-state index in [0.717, 1.165) is 24.6 Å². The summed E-state index contributed by atoms with van der Waals surface area (Å²) in [6.07, 6.45) is 3.74. The van der Waals surface area contributed by atoms with Crippen LogP contribution in [-0.2, 0) is 4.79 Å². The largest absolute Gasteiger partial charge is 0.480 e. The maximum atomic E-state index is 10.9. The summed E-state index contributed by atoms with van der Waals surface area (Å²) in [5, 5.41) is 8.94. The van der Waals surface area contributed by atoms with Crippen LogP contribution in [0.5, 0.6) is 0 Å². The van der Waals surface area contributed by atoms with Gasteiger partial charge in [0, 0.05) is 12.2 Å². The van der Waals surface area contributed by atoms with Gasteiger partial charge in [-0.1, -0.05) is 30.5 Å². The molecule has 0 saturated heterocycles. The minimum absolute atomic E-state index is 0.0930. The van der Waals surface area contributed by atoms with Crippen molar-refractivity contribution in [3.63, 3.8) is 0 Å². The van der Waals surface area contributed by atoms with Crippen LogP contribution in [0.15, 0.2) is 24.3 Å². The molecule has 0 aliphatic heterocycles. The first kappa shape index (κ1) is 12.0. The maximum absolute atomic E-state index is 10.9. The van der Waals surface area contributed by atoms with Gasteiger partial charge in [-0.25, -0.2) is 0 Å². The molecule has 1 aromatic carbocycles. The van der Waals surface area contributed by atoms with Gasteiger partial charge in [-0.15, -0.1) is 0 Å². The Hall–Kier alpha value is -1.51. The summed E-state index contributed by atoms with van der Waals surface area (Å²) in [6, 6.07) is 8.07. The SMILES string of the molecule is Cc1ccc(N(CCC2CC2)CC(=O)O)cc1. The van der Waals surface area contributed by atoms with E-state index in [4.69, 9.17) is 5.11 Å². The third-order valence-electron chi connectivity index (χ3n) is 3.23. The highest BCUT2D eigenvalue weighted by molar-refractivity contribution is 5.73. The number of hydrogen-bond donors (Lipinski definition) is 1. The van der Waals surface area contributed by atoms with Crippen molar-refractivity contribution in [2.24, 2.45) is 5.92 Å². The van der Waals surface area contributed by atoms with Crippen molar-refractivity contribution >= 4 is 11.7 Å². The molecule has 0 amide bonds. The molecule has 17 heavy (non-hydrogen) atoms. The number of hydrogen-bond acceptors (Lipinski definition) is 2. The zero-order valence-electron chi connectivity index (χ0n) is 10.2. The van der Waals surface area contributed by atoms with Gasteiger partial charge in [0.1, 0.15) is 6.54 Å². The topological polar surface area (TPSA) is 40.5 Å². The molecule has 0 aromatic heterocycles. The highest BCUT2D eigenvalue weighted by Crippen LogP contribution is 2.32. The molecular weight excluding hydrogens is 214 g/mol. The van der Waals surface area contributed by atoms with Gasteiger partial charge in [-0.2, -0.15) is 0 Å². The maximum Gasteiger partial charge on any atom is 0.323 e. The molecule has 3 nitrogen and oxygen atoms in total. The summed E-state index contributed by atoms with van der Waals surface area (Å²) >= 11 is 0. The Labute approximate surface area is 102 Å². The van der Waals surface area contributed by atoms with E-state index in [1.165, 1.54) is 18.4 Å². The van der Waals surface area contributed by atoms with Crippen molar-refractivity contribution in [3.8, 4) is 0 Å². The standard InChI is InChI=1S/C14H19NO2/c1-11-2-6-13(7-3-11)15(10-14(16)17)9-8-12-4-5-12/h2-3,6-7,12H,4-5,8-10H2,1H3,(H,16,17). The van der Waals surface area contributed by atoms with Crippen LogP contribution in [0.2, 0.25) is 0 Å². The van der Waals surface area contributed by atoms with Gasteiger partial charge in [0.2, 0.25) is 0 Å². The number of aliphatic carboxylic acids is 1. The van der Waals surface area contributed by atoms with E-state index in [1.54, 1.807) is 0 Å². The van der Waals surface area contributed by atoms with Crippen LogP contribution in [0.4, 0.5) is 5.69 Å². The Morgan fingerprint density at radius 3 is 2.53 bits per heavy atom. The lowest BCUT2D eigenvalue weighted by atomic mass is 10.2. The zero-order chi connectivity index (χ0) is 12.3. The van der Waals surface area contributed by atoms with Crippen LogP contribution < -0.4 is 4.90 Å². The molecule has 2 rings (SSSR count).